The second kappa shape index (κ2) is 21.4. The Morgan fingerprint density at radius 3 is 1.56 bits per heavy atom. The number of para-hydroxylation sites is 1. The van der Waals surface area contributed by atoms with Crippen molar-refractivity contribution in [2.45, 2.75) is 112 Å². The van der Waals surface area contributed by atoms with Gasteiger partial charge >= 0.3 is 49.1 Å². The van der Waals surface area contributed by atoms with Gasteiger partial charge in [0.15, 0.2) is 23.8 Å². The second-order valence-corrected chi connectivity index (χ2v) is 17.6. The number of anilines is 1. The third-order valence-electron chi connectivity index (χ3n) is 10.3. The van der Waals surface area contributed by atoms with Crippen LogP contribution in [0.25, 0.3) is 0 Å². The predicted octanol–water partition coefficient (Wildman–Crippen LogP) is 7.60. The molecule has 26 heteroatoms. The molecule has 2 heterocycles. The number of aliphatic hydroxyl groups is 1. The zero-order valence-electron chi connectivity index (χ0n) is 32.7. The molecule has 364 valence electrons. The molecule has 4 atom stereocenters. The highest BCUT2D eigenvalue weighted by atomic mass is 32.3. The van der Waals surface area contributed by atoms with Crippen molar-refractivity contribution in [3.8, 4) is 0 Å². The van der Waals surface area contributed by atoms with E-state index in [2.05, 4.69) is 4.18 Å². The van der Waals surface area contributed by atoms with Gasteiger partial charge in [0.1, 0.15) is 0 Å². The summed E-state index contributed by atoms with van der Waals surface area (Å²) in [7, 11) is -12.5. The first-order valence-corrected chi connectivity index (χ1v) is 21.8. The molecule has 2 saturated carbocycles. The monoisotopic (exact) mass is 981 g/mol. The summed E-state index contributed by atoms with van der Waals surface area (Å²) < 4.78 is 215. The first kappa shape index (κ1) is 54.8. The minimum absolute atomic E-state index is 0. The van der Waals surface area contributed by atoms with Crippen LogP contribution in [0.1, 0.15) is 64.4 Å². The third-order valence-corrected chi connectivity index (χ3v) is 12.4. The molecule has 4 fully saturated rings. The van der Waals surface area contributed by atoms with Gasteiger partial charge in [-0.25, -0.2) is 0 Å². The summed E-state index contributed by atoms with van der Waals surface area (Å²) in [6, 6.07) is 13.9. The number of alkyl halides is 10. The normalized spacial score (nSPS) is 22.2. The van der Waals surface area contributed by atoms with Crippen LogP contribution in [0, 0.1) is 11.8 Å². The van der Waals surface area contributed by atoms with E-state index in [0.29, 0.717) is 45.3 Å². The Bertz CT molecular complexity index is 2050. The fourth-order valence-electron chi connectivity index (χ4n) is 7.26. The van der Waals surface area contributed by atoms with E-state index in [0.717, 1.165) is 0 Å². The molecule has 64 heavy (non-hydrogen) atoms. The average Bonchev–Trinajstić information content (AvgIpc) is 3.80. The minimum atomic E-state index is -6.27. The maximum Gasteiger partial charge on any atom is 0.451 e. The molecule has 2 aliphatic heterocycles. The van der Waals surface area contributed by atoms with E-state index in [1.807, 2.05) is 0 Å². The van der Waals surface area contributed by atoms with E-state index in [1.54, 1.807) is 17.4 Å². The SMILES string of the molecule is C.O=C(Cc1ccccc1)C(F)(F)S(=O)(=O)OC(C1CCCC12OCCCO2)C(F)(F)F.O=C(Nc1ccccc1)C(F)(F)S(=O)(=O)F.OC(C1CCCC12OCCCO2)C(F)(F)F. The molecule has 0 aromatic heterocycles. The number of amides is 1. The minimum Gasteiger partial charge on any atom is -0.383 e. The van der Waals surface area contributed by atoms with Crippen LogP contribution in [0.3, 0.4) is 0 Å². The van der Waals surface area contributed by atoms with Gasteiger partial charge < -0.3 is 29.4 Å². The summed E-state index contributed by atoms with van der Waals surface area (Å²) in [6.45, 7) is 0.973. The van der Waals surface area contributed by atoms with Crippen molar-refractivity contribution in [1.29, 1.82) is 0 Å². The van der Waals surface area contributed by atoms with Crippen molar-refractivity contribution < 1.29 is 102 Å². The Morgan fingerprint density at radius 1 is 0.688 bits per heavy atom. The number of ketones is 1. The summed E-state index contributed by atoms with van der Waals surface area (Å²) in [5.41, 5.74) is 0.0179. The quantitative estimate of drug-likeness (QED) is 0.128. The van der Waals surface area contributed by atoms with Crippen molar-refractivity contribution >= 4 is 37.7 Å². The van der Waals surface area contributed by atoms with Gasteiger partial charge in [0.2, 0.25) is 5.78 Å². The van der Waals surface area contributed by atoms with Crippen LogP contribution in [0.15, 0.2) is 60.7 Å². The summed E-state index contributed by atoms with van der Waals surface area (Å²) in [6.07, 6.45) is -13.9. The largest absolute Gasteiger partial charge is 0.451 e. The van der Waals surface area contributed by atoms with Crippen molar-refractivity contribution in [1.82, 2.24) is 0 Å². The molecule has 4 aliphatic rings. The number of rotatable bonds is 11. The fraction of sp³-hybridized carbons (Fsp3) is 0.632. The standard InChI is InChI=1S/C19H21F5O6S.C10H15F3O3.C8H6F3NO3S.CH4/c20-18(21,22)16(14-8-4-9-17(14)28-10-5-11-29-17)30-31(26,27)19(23,24)15(25)12-13-6-2-1-3-7-13;11-10(12,13)8(14)7-3-1-4-9(7)15-5-2-6-16-9;9-8(10,16(11,14)15)7(13)12-6-4-2-1-3-5-6;/h1-3,6-7,14,16H,4-5,8-12H2;7-8,14H,1-6H2;1-5H,(H,12,13);1H4. The predicted molar refractivity (Wildman–Crippen MR) is 202 cm³/mol. The first-order chi connectivity index (χ1) is 29.1. The topological polar surface area (TPSA) is 181 Å². The first-order valence-electron chi connectivity index (χ1n) is 19.0. The molecule has 0 bridgehead atoms. The van der Waals surface area contributed by atoms with Gasteiger partial charge in [-0.3, -0.25) is 13.8 Å². The van der Waals surface area contributed by atoms with Crippen LogP contribution in [0.5, 0.6) is 0 Å². The Morgan fingerprint density at radius 2 is 1.12 bits per heavy atom. The van der Waals surface area contributed by atoms with E-state index in [4.69, 9.17) is 18.9 Å². The molecule has 2 aromatic carbocycles. The van der Waals surface area contributed by atoms with E-state index < -0.39 is 96.9 Å². The highest BCUT2D eigenvalue weighted by Gasteiger charge is 2.63. The number of carbonyl (C=O) groups is 2. The zero-order chi connectivity index (χ0) is 47.1. The van der Waals surface area contributed by atoms with Gasteiger partial charge in [0, 0.05) is 36.8 Å². The average molecular weight is 982 g/mol. The van der Waals surface area contributed by atoms with Gasteiger partial charge in [-0.15, -0.1) is 0 Å². The van der Waals surface area contributed by atoms with Gasteiger partial charge in [-0.05, 0) is 56.2 Å². The number of halogens is 11. The molecule has 2 spiro atoms. The van der Waals surface area contributed by atoms with Crippen LogP contribution >= 0.6 is 0 Å². The van der Waals surface area contributed by atoms with Crippen molar-refractivity contribution in [2.24, 2.45) is 11.8 Å². The lowest BCUT2D eigenvalue weighted by Crippen LogP contribution is -2.54. The molecule has 2 N–H and O–H groups in total. The highest BCUT2D eigenvalue weighted by molar-refractivity contribution is 7.88. The third kappa shape index (κ3) is 13.1. The Kier molecular flexibility index (Phi) is 18.3. The molecule has 4 unspecified atom stereocenters. The molecular weight excluding hydrogens is 936 g/mol. The maximum absolute atomic E-state index is 14.5. The van der Waals surface area contributed by atoms with Crippen LogP contribution in [-0.4, -0.2) is 107 Å². The number of hydrogen-bond donors (Lipinski definition) is 2. The summed E-state index contributed by atoms with van der Waals surface area (Å²) in [5, 5.41) is 0.630. The summed E-state index contributed by atoms with van der Waals surface area (Å²) >= 11 is 0. The van der Waals surface area contributed by atoms with E-state index in [-0.39, 0.29) is 51.2 Å². The Balaban J connectivity index is 0.000000278. The van der Waals surface area contributed by atoms with E-state index >= 15 is 0 Å². The van der Waals surface area contributed by atoms with E-state index in [1.165, 1.54) is 48.5 Å². The van der Waals surface area contributed by atoms with Crippen LogP contribution in [-0.2, 0) is 59.5 Å². The van der Waals surface area contributed by atoms with Gasteiger partial charge in [-0.2, -0.15) is 60.7 Å². The number of carbonyl (C=O) groups excluding carboxylic acids is 2. The summed E-state index contributed by atoms with van der Waals surface area (Å²) in [5.74, 6) is -9.97. The number of aliphatic hydroxyl groups excluding tert-OH is 1. The van der Waals surface area contributed by atoms with Crippen LogP contribution in [0.2, 0.25) is 0 Å². The maximum atomic E-state index is 14.5. The smallest absolute Gasteiger partial charge is 0.383 e. The number of benzene rings is 2. The number of Topliss-reactive ketones (excluding diaryl/α,β-unsaturated/α-hetero) is 1. The van der Waals surface area contributed by atoms with Gasteiger partial charge in [0.05, 0.1) is 26.4 Å². The van der Waals surface area contributed by atoms with Crippen LogP contribution < -0.4 is 5.32 Å². The lowest BCUT2D eigenvalue weighted by atomic mass is 9.94. The molecule has 2 aliphatic carbocycles. The van der Waals surface area contributed by atoms with Crippen LogP contribution in [0.4, 0.5) is 53.5 Å². The van der Waals surface area contributed by atoms with Crippen molar-refractivity contribution in [3.63, 3.8) is 0 Å². The summed E-state index contributed by atoms with van der Waals surface area (Å²) in [4.78, 5) is 22.8. The highest BCUT2D eigenvalue weighted by Crippen LogP contribution is 2.49. The zero-order valence-corrected chi connectivity index (χ0v) is 34.3. The Hall–Kier alpha value is -3.53. The molecule has 2 aromatic rings. The van der Waals surface area contributed by atoms with Gasteiger partial charge in [-0.1, -0.05) is 59.8 Å². The Labute approximate surface area is 361 Å². The molecule has 0 radical (unpaired) electrons. The molecule has 2 saturated heterocycles. The second-order valence-electron chi connectivity index (χ2n) is 14.6. The number of hydrogen-bond acceptors (Lipinski definition) is 12. The van der Waals surface area contributed by atoms with Gasteiger partial charge in [0.25, 0.3) is 0 Å². The van der Waals surface area contributed by atoms with E-state index in [9.17, 15) is 79.3 Å². The molecular formula is C38H46F11NO12S2. The lowest BCUT2D eigenvalue weighted by molar-refractivity contribution is -0.320. The van der Waals surface area contributed by atoms with Crippen molar-refractivity contribution in [2.75, 3.05) is 31.7 Å². The van der Waals surface area contributed by atoms with Crippen molar-refractivity contribution in [3.05, 3.63) is 66.2 Å². The number of ether oxygens (including phenoxy) is 4. The molecule has 13 nitrogen and oxygen atoms in total. The fourth-order valence-corrected chi connectivity index (χ4v) is 8.52. The molecule has 6 rings (SSSR count). The molecule has 1 amide bonds. The number of nitrogens with one attached hydrogen (secondary N) is 1. The lowest BCUT2D eigenvalue weighted by Gasteiger charge is -2.41.